The Morgan fingerprint density at radius 2 is 1.76 bits per heavy atom. The molecular formula is C22H21N3O4. The van der Waals surface area contributed by atoms with Gasteiger partial charge in [-0.1, -0.05) is 30.3 Å². The number of hydrogen-bond acceptors (Lipinski definition) is 6. The number of amides is 1. The molecule has 1 aliphatic rings. The zero-order chi connectivity index (χ0) is 20.7. The Morgan fingerprint density at radius 3 is 2.52 bits per heavy atom. The highest BCUT2D eigenvalue weighted by atomic mass is 16.3. The molecule has 1 atom stereocenters. The number of nitrogens with zero attached hydrogens (tertiary/aromatic N) is 1. The average Bonchev–Trinajstić information content (AvgIpc) is 3.13. The van der Waals surface area contributed by atoms with Gasteiger partial charge in [-0.3, -0.25) is 14.4 Å². The van der Waals surface area contributed by atoms with Gasteiger partial charge in [0, 0.05) is 14.1 Å². The van der Waals surface area contributed by atoms with Gasteiger partial charge < -0.3 is 20.6 Å². The second-order valence-electron chi connectivity index (χ2n) is 7.37. The first kappa shape index (κ1) is 18.7. The van der Waals surface area contributed by atoms with Gasteiger partial charge >= 0.3 is 0 Å². The van der Waals surface area contributed by atoms with Crippen molar-refractivity contribution in [2.45, 2.75) is 18.9 Å². The van der Waals surface area contributed by atoms with E-state index in [4.69, 9.17) is 0 Å². The predicted octanol–water partition coefficient (Wildman–Crippen LogP) is 2.53. The molecule has 148 valence electrons. The van der Waals surface area contributed by atoms with E-state index in [-0.39, 0.29) is 40.3 Å². The van der Waals surface area contributed by atoms with Crippen molar-refractivity contribution < 1.29 is 9.90 Å². The number of para-hydroxylation sites is 1. The minimum atomic E-state index is -0.650. The van der Waals surface area contributed by atoms with Gasteiger partial charge in [0.15, 0.2) is 5.75 Å². The lowest BCUT2D eigenvalue weighted by Gasteiger charge is -2.21. The van der Waals surface area contributed by atoms with E-state index < -0.39 is 10.9 Å². The third kappa shape index (κ3) is 3.14. The van der Waals surface area contributed by atoms with Crippen molar-refractivity contribution in [2.75, 3.05) is 24.7 Å². The Labute approximate surface area is 167 Å². The molecule has 7 nitrogen and oxygen atoms in total. The minimum Gasteiger partial charge on any atom is -0.505 e. The van der Waals surface area contributed by atoms with Gasteiger partial charge in [0.25, 0.3) is 16.8 Å². The molecule has 1 aliphatic carbocycles. The number of phenols is 1. The van der Waals surface area contributed by atoms with Gasteiger partial charge in [0.05, 0.1) is 17.3 Å². The Kier molecular flexibility index (Phi) is 4.58. The van der Waals surface area contributed by atoms with Crippen molar-refractivity contribution in [2.24, 2.45) is 0 Å². The van der Waals surface area contributed by atoms with Crippen LogP contribution in [0.3, 0.4) is 0 Å². The molecule has 0 radical (unpaired) electrons. The smallest absolute Gasteiger partial charge is 0.257 e. The van der Waals surface area contributed by atoms with Crippen LogP contribution in [0, 0.1) is 0 Å². The van der Waals surface area contributed by atoms with Crippen LogP contribution < -0.4 is 21.5 Å². The van der Waals surface area contributed by atoms with Crippen LogP contribution in [0.2, 0.25) is 0 Å². The largest absolute Gasteiger partial charge is 0.505 e. The average molecular weight is 391 g/mol. The van der Waals surface area contributed by atoms with Crippen LogP contribution in [0.25, 0.3) is 0 Å². The molecule has 0 aromatic heterocycles. The van der Waals surface area contributed by atoms with Gasteiger partial charge in [0.1, 0.15) is 11.4 Å². The molecule has 7 heteroatoms. The van der Waals surface area contributed by atoms with E-state index in [2.05, 4.69) is 16.7 Å². The van der Waals surface area contributed by atoms with E-state index in [1.54, 1.807) is 26.2 Å². The first-order valence-electron chi connectivity index (χ1n) is 9.36. The monoisotopic (exact) mass is 391 g/mol. The highest BCUT2D eigenvalue weighted by Crippen LogP contribution is 2.36. The minimum absolute atomic E-state index is 0.0506. The maximum absolute atomic E-state index is 12.2. The molecule has 3 aromatic carbocycles. The highest BCUT2D eigenvalue weighted by Gasteiger charge is 2.28. The Balaban J connectivity index is 1.62. The lowest BCUT2D eigenvalue weighted by molar-refractivity contribution is 0.0824. The Morgan fingerprint density at radius 1 is 1.03 bits per heavy atom. The van der Waals surface area contributed by atoms with E-state index in [1.165, 1.54) is 16.5 Å². The molecule has 1 unspecified atom stereocenters. The van der Waals surface area contributed by atoms with Crippen molar-refractivity contribution in [3.05, 3.63) is 79.6 Å². The Bertz CT molecular complexity index is 1180. The summed E-state index contributed by atoms with van der Waals surface area (Å²) in [7, 11) is 3.17. The molecule has 4 rings (SSSR count). The fraction of sp³-hybridized carbons (Fsp3) is 0.227. The third-order valence-corrected chi connectivity index (χ3v) is 5.29. The summed E-state index contributed by atoms with van der Waals surface area (Å²) in [6, 6.07) is 12.6. The van der Waals surface area contributed by atoms with Gasteiger partial charge in [-0.15, -0.1) is 0 Å². The van der Waals surface area contributed by atoms with Crippen LogP contribution >= 0.6 is 0 Å². The van der Waals surface area contributed by atoms with Gasteiger partial charge in [-0.25, -0.2) is 0 Å². The van der Waals surface area contributed by atoms with E-state index in [1.807, 2.05) is 18.2 Å². The molecular weight excluding hydrogens is 370 g/mol. The number of nitrogens with one attached hydrogen (secondary N) is 2. The van der Waals surface area contributed by atoms with Gasteiger partial charge in [-0.2, -0.15) is 0 Å². The summed E-state index contributed by atoms with van der Waals surface area (Å²) < 4.78 is 0. The summed E-state index contributed by atoms with van der Waals surface area (Å²) in [6.07, 6.45) is 1.73. The Hall–Kier alpha value is -3.61. The topological polar surface area (TPSA) is 98.7 Å². The van der Waals surface area contributed by atoms with Crippen LogP contribution in [0.15, 0.2) is 52.1 Å². The molecule has 0 bridgehead atoms. The van der Waals surface area contributed by atoms with Gasteiger partial charge in [-0.05, 0) is 36.1 Å². The zero-order valence-electron chi connectivity index (χ0n) is 16.2. The second kappa shape index (κ2) is 7.09. The van der Waals surface area contributed by atoms with E-state index in [0.29, 0.717) is 0 Å². The van der Waals surface area contributed by atoms with Crippen molar-refractivity contribution >= 4 is 23.0 Å². The third-order valence-electron chi connectivity index (χ3n) is 5.29. The summed E-state index contributed by atoms with van der Waals surface area (Å²) in [5.74, 6) is -0.631. The lowest BCUT2D eigenvalue weighted by Crippen LogP contribution is -2.37. The number of carbonyl (C=O) groups is 1. The van der Waals surface area contributed by atoms with Crippen LogP contribution in [-0.4, -0.2) is 30.0 Å². The van der Waals surface area contributed by atoms with Crippen molar-refractivity contribution in [3.8, 4) is 5.75 Å². The summed E-state index contributed by atoms with van der Waals surface area (Å²) in [4.78, 5) is 37.9. The number of anilines is 3. The van der Waals surface area contributed by atoms with E-state index in [0.717, 1.165) is 18.4 Å². The fourth-order valence-electron chi connectivity index (χ4n) is 3.72. The molecule has 3 aromatic rings. The highest BCUT2D eigenvalue weighted by molar-refractivity contribution is 5.99. The fourth-order valence-corrected chi connectivity index (χ4v) is 3.72. The molecule has 0 heterocycles. The number of phenolic OH excluding ortho intramolecular Hbond substituents is 1. The van der Waals surface area contributed by atoms with Crippen molar-refractivity contribution in [1.82, 2.24) is 4.90 Å². The summed E-state index contributed by atoms with van der Waals surface area (Å²) in [6.45, 7) is 0. The summed E-state index contributed by atoms with van der Waals surface area (Å²) in [5, 5.41) is 16.5. The first-order valence-corrected chi connectivity index (χ1v) is 9.36. The number of fused-ring (bicyclic) bond motifs is 1. The van der Waals surface area contributed by atoms with Crippen LogP contribution in [0.5, 0.6) is 5.75 Å². The molecule has 3 N–H and O–H groups in total. The molecule has 1 amide bonds. The van der Waals surface area contributed by atoms with E-state index in [9.17, 15) is 19.5 Å². The summed E-state index contributed by atoms with van der Waals surface area (Å²) in [5.41, 5.74) is 1.72. The first-order chi connectivity index (χ1) is 13.9. The predicted molar refractivity (Wildman–Crippen MR) is 112 cm³/mol. The SMILES string of the molecule is CN(C)C(=O)c1cccc(Nc2c(NC3CCc4ccccc43)c(=O)c2=O)c1O. The van der Waals surface area contributed by atoms with Crippen molar-refractivity contribution in [3.63, 3.8) is 0 Å². The van der Waals surface area contributed by atoms with E-state index >= 15 is 0 Å². The number of hydrogen-bond donors (Lipinski definition) is 3. The molecule has 0 spiro atoms. The number of carbonyl (C=O) groups excluding carboxylic acids is 1. The quantitative estimate of drug-likeness (QED) is 0.457. The van der Waals surface area contributed by atoms with Crippen LogP contribution in [-0.2, 0) is 6.42 Å². The normalized spacial score (nSPS) is 15.2. The standard InChI is InChI=1S/C22H21N3O4/c1-25(2)22(29)14-8-5-9-16(19(14)26)24-18-17(20(27)21(18)28)23-15-11-10-12-6-3-4-7-13(12)15/h3-9,15,23-24,26H,10-11H2,1-2H3. The number of aromatic hydroxyl groups is 1. The number of aryl methyl sites for hydroxylation is 1. The van der Waals surface area contributed by atoms with Crippen LogP contribution in [0.1, 0.15) is 33.9 Å². The maximum Gasteiger partial charge on any atom is 0.257 e. The lowest BCUT2D eigenvalue weighted by atomic mass is 10.1. The maximum atomic E-state index is 12.2. The molecule has 0 saturated carbocycles. The molecule has 0 aliphatic heterocycles. The van der Waals surface area contributed by atoms with Crippen molar-refractivity contribution in [1.29, 1.82) is 0 Å². The van der Waals surface area contributed by atoms with Crippen LogP contribution in [0.4, 0.5) is 17.1 Å². The zero-order valence-corrected chi connectivity index (χ0v) is 16.2. The molecule has 0 fully saturated rings. The van der Waals surface area contributed by atoms with Gasteiger partial charge in [0.2, 0.25) is 0 Å². The number of rotatable bonds is 5. The molecule has 29 heavy (non-hydrogen) atoms. The molecule has 0 saturated heterocycles. The summed E-state index contributed by atoms with van der Waals surface area (Å²) >= 11 is 0. The number of benzene rings is 2. The second-order valence-corrected chi connectivity index (χ2v) is 7.37.